The van der Waals surface area contributed by atoms with Crippen molar-refractivity contribution in [2.45, 2.75) is 13.3 Å². The third-order valence-corrected chi connectivity index (χ3v) is 5.39. The van der Waals surface area contributed by atoms with E-state index in [-0.39, 0.29) is 4.88 Å². The SMILES string of the molecule is Cc1nc(C(F)F)c(C(=O)Nc2c(I)cccc2-c2ccccc2)s1. The van der Waals surface area contributed by atoms with Crippen molar-refractivity contribution in [3.63, 3.8) is 0 Å². The van der Waals surface area contributed by atoms with E-state index in [1.54, 1.807) is 6.92 Å². The molecule has 0 saturated heterocycles. The number of alkyl halides is 2. The highest BCUT2D eigenvalue weighted by Gasteiger charge is 2.24. The number of thiazole rings is 1. The van der Waals surface area contributed by atoms with Gasteiger partial charge in [0.15, 0.2) is 0 Å². The number of amides is 1. The van der Waals surface area contributed by atoms with E-state index in [1.807, 2.05) is 48.5 Å². The van der Waals surface area contributed by atoms with Crippen LogP contribution in [-0.4, -0.2) is 10.9 Å². The van der Waals surface area contributed by atoms with Gasteiger partial charge in [-0.1, -0.05) is 42.5 Å². The molecule has 0 aliphatic heterocycles. The van der Waals surface area contributed by atoms with E-state index in [4.69, 9.17) is 0 Å². The quantitative estimate of drug-likeness (QED) is 0.482. The van der Waals surface area contributed by atoms with Crippen LogP contribution in [0.1, 0.15) is 26.8 Å². The Bertz CT molecular complexity index is 913. The number of rotatable bonds is 4. The van der Waals surface area contributed by atoms with Crippen LogP contribution in [0.15, 0.2) is 48.5 Å². The lowest BCUT2D eigenvalue weighted by atomic mass is 10.0. The normalized spacial score (nSPS) is 10.9. The number of para-hydroxylation sites is 1. The Morgan fingerprint density at radius 1 is 1.16 bits per heavy atom. The molecule has 1 N–H and O–H groups in total. The molecule has 1 amide bonds. The van der Waals surface area contributed by atoms with Crippen molar-refractivity contribution in [3.8, 4) is 11.1 Å². The molecule has 0 spiro atoms. The number of halogens is 3. The fourth-order valence-electron chi connectivity index (χ4n) is 2.43. The summed E-state index contributed by atoms with van der Waals surface area (Å²) in [5.41, 5.74) is 1.91. The summed E-state index contributed by atoms with van der Waals surface area (Å²) >= 11 is 3.09. The van der Waals surface area contributed by atoms with Gasteiger partial charge >= 0.3 is 0 Å². The highest BCUT2D eigenvalue weighted by molar-refractivity contribution is 14.1. The van der Waals surface area contributed by atoms with Gasteiger partial charge in [0.05, 0.1) is 10.7 Å². The number of anilines is 1. The molecule has 0 unspecified atom stereocenters. The molecule has 128 valence electrons. The molecular weight excluding hydrogens is 457 g/mol. The van der Waals surface area contributed by atoms with Gasteiger partial charge < -0.3 is 5.32 Å². The smallest absolute Gasteiger partial charge is 0.282 e. The standard InChI is InChI=1S/C18H13F2IN2OS/c1-10-22-15(17(19)20)16(25-10)18(24)23-14-12(8-5-9-13(14)21)11-6-3-2-4-7-11/h2-9,17H,1H3,(H,23,24). The van der Waals surface area contributed by atoms with E-state index in [0.29, 0.717) is 10.7 Å². The van der Waals surface area contributed by atoms with Crippen LogP contribution >= 0.6 is 33.9 Å². The number of benzene rings is 2. The number of nitrogens with one attached hydrogen (secondary N) is 1. The second-order valence-corrected chi connectivity index (χ2v) is 7.60. The summed E-state index contributed by atoms with van der Waals surface area (Å²) in [6, 6.07) is 15.2. The van der Waals surface area contributed by atoms with Crippen molar-refractivity contribution in [3.05, 3.63) is 67.7 Å². The van der Waals surface area contributed by atoms with Gasteiger partial charge in [0, 0.05) is 9.13 Å². The van der Waals surface area contributed by atoms with Crippen molar-refractivity contribution in [1.29, 1.82) is 0 Å². The van der Waals surface area contributed by atoms with Crippen LogP contribution < -0.4 is 5.32 Å². The summed E-state index contributed by atoms with van der Waals surface area (Å²) in [6.07, 6.45) is -2.78. The molecule has 2 aromatic carbocycles. The van der Waals surface area contributed by atoms with Crippen LogP contribution in [-0.2, 0) is 0 Å². The number of carbonyl (C=O) groups excluding carboxylic acids is 1. The highest BCUT2D eigenvalue weighted by Crippen LogP contribution is 2.34. The van der Waals surface area contributed by atoms with Crippen LogP contribution in [0, 0.1) is 10.5 Å². The van der Waals surface area contributed by atoms with Crippen LogP contribution in [0.4, 0.5) is 14.5 Å². The number of hydrogen-bond acceptors (Lipinski definition) is 3. The minimum absolute atomic E-state index is 0.0498. The van der Waals surface area contributed by atoms with Gasteiger partial charge in [-0.05, 0) is 41.1 Å². The second-order valence-electron chi connectivity index (χ2n) is 5.23. The van der Waals surface area contributed by atoms with Gasteiger partial charge in [-0.3, -0.25) is 4.79 Å². The first-order chi connectivity index (χ1) is 12.0. The maximum atomic E-state index is 13.1. The monoisotopic (exact) mass is 470 g/mol. The van der Waals surface area contributed by atoms with Crippen molar-refractivity contribution in [2.24, 2.45) is 0 Å². The number of nitrogens with zero attached hydrogens (tertiary/aromatic N) is 1. The maximum Gasteiger partial charge on any atom is 0.282 e. The lowest BCUT2D eigenvalue weighted by Gasteiger charge is -2.13. The number of aromatic nitrogens is 1. The number of carbonyl (C=O) groups is 1. The Morgan fingerprint density at radius 3 is 2.56 bits per heavy atom. The second kappa shape index (κ2) is 7.57. The van der Waals surface area contributed by atoms with Gasteiger partial charge in [-0.25, -0.2) is 13.8 Å². The molecule has 0 atom stereocenters. The lowest BCUT2D eigenvalue weighted by Crippen LogP contribution is -2.14. The summed E-state index contributed by atoms with van der Waals surface area (Å²) in [7, 11) is 0. The van der Waals surface area contributed by atoms with Crippen molar-refractivity contribution in [2.75, 3.05) is 5.32 Å². The van der Waals surface area contributed by atoms with E-state index in [0.717, 1.165) is 26.0 Å². The van der Waals surface area contributed by atoms with E-state index in [2.05, 4.69) is 32.9 Å². The van der Waals surface area contributed by atoms with Gasteiger partial charge in [0.25, 0.3) is 12.3 Å². The molecule has 3 rings (SSSR count). The summed E-state index contributed by atoms with van der Waals surface area (Å²) in [5.74, 6) is -0.567. The molecule has 1 aromatic heterocycles. The molecule has 1 heterocycles. The molecule has 0 radical (unpaired) electrons. The first-order valence-electron chi connectivity index (χ1n) is 7.38. The minimum Gasteiger partial charge on any atom is -0.320 e. The molecule has 0 saturated carbocycles. The van der Waals surface area contributed by atoms with Gasteiger partial charge in [0.1, 0.15) is 10.6 Å². The molecule has 7 heteroatoms. The topological polar surface area (TPSA) is 42.0 Å². The molecule has 3 aromatic rings. The van der Waals surface area contributed by atoms with Crippen LogP contribution in [0.5, 0.6) is 0 Å². The largest absolute Gasteiger partial charge is 0.320 e. The summed E-state index contributed by atoms with van der Waals surface area (Å²) in [6.45, 7) is 1.61. The third-order valence-electron chi connectivity index (χ3n) is 3.51. The van der Waals surface area contributed by atoms with E-state index < -0.39 is 18.0 Å². The number of aryl methyl sites for hydroxylation is 1. The van der Waals surface area contributed by atoms with Crippen molar-refractivity contribution < 1.29 is 13.6 Å². The minimum atomic E-state index is -2.78. The summed E-state index contributed by atoms with van der Waals surface area (Å²) < 4.78 is 27.1. The average Bonchev–Trinajstić information content (AvgIpc) is 3.00. The Morgan fingerprint density at radius 2 is 1.88 bits per heavy atom. The molecule has 0 aliphatic rings. The van der Waals surface area contributed by atoms with E-state index >= 15 is 0 Å². The summed E-state index contributed by atoms with van der Waals surface area (Å²) in [5, 5.41) is 3.23. The van der Waals surface area contributed by atoms with E-state index in [1.165, 1.54) is 0 Å². The maximum absolute atomic E-state index is 13.1. The average molecular weight is 470 g/mol. The zero-order valence-electron chi connectivity index (χ0n) is 13.1. The molecular formula is C18H13F2IN2OS. The summed E-state index contributed by atoms with van der Waals surface area (Å²) in [4.78, 5) is 16.3. The fourth-order valence-corrected chi connectivity index (χ4v) is 3.89. The molecule has 3 nitrogen and oxygen atoms in total. The first-order valence-corrected chi connectivity index (χ1v) is 9.27. The van der Waals surface area contributed by atoms with Crippen LogP contribution in [0.25, 0.3) is 11.1 Å². The zero-order valence-corrected chi connectivity index (χ0v) is 16.1. The molecule has 0 fully saturated rings. The third kappa shape index (κ3) is 3.87. The van der Waals surface area contributed by atoms with Crippen LogP contribution in [0.3, 0.4) is 0 Å². The predicted molar refractivity (Wildman–Crippen MR) is 104 cm³/mol. The van der Waals surface area contributed by atoms with Crippen LogP contribution in [0.2, 0.25) is 0 Å². The predicted octanol–water partition coefficient (Wildman–Crippen LogP) is 5.91. The Hall–Kier alpha value is -1.87. The van der Waals surface area contributed by atoms with Crippen molar-refractivity contribution >= 4 is 45.5 Å². The van der Waals surface area contributed by atoms with Crippen molar-refractivity contribution in [1.82, 2.24) is 4.98 Å². The van der Waals surface area contributed by atoms with E-state index in [9.17, 15) is 13.6 Å². The number of hydrogen-bond donors (Lipinski definition) is 1. The molecule has 25 heavy (non-hydrogen) atoms. The molecule has 0 bridgehead atoms. The zero-order chi connectivity index (χ0) is 18.0. The van der Waals surface area contributed by atoms with Gasteiger partial charge in [-0.15, -0.1) is 11.3 Å². The highest BCUT2D eigenvalue weighted by atomic mass is 127. The fraction of sp³-hybridized carbons (Fsp3) is 0.111. The Kier molecular flexibility index (Phi) is 5.43. The molecule has 0 aliphatic carbocycles. The van der Waals surface area contributed by atoms with Gasteiger partial charge in [-0.2, -0.15) is 0 Å². The first kappa shape index (κ1) is 17.9. The Balaban J connectivity index is 2.00. The van der Waals surface area contributed by atoms with Gasteiger partial charge in [0.2, 0.25) is 0 Å². The Labute approximate surface area is 161 Å². The lowest BCUT2D eigenvalue weighted by molar-refractivity contribution is 0.101.